The van der Waals surface area contributed by atoms with Crippen LogP contribution in [0, 0.1) is 5.82 Å². The van der Waals surface area contributed by atoms with E-state index in [1.165, 1.54) is 10.5 Å². The fraction of sp³-hybridized carbons (Fsp3) is 0.320. The highest BCUT2D eigenvalue weighted by Gasteiger charge is 2.47. The second-order valence-electron chi connectivity index (χ2n) is 9.16. The summed E-state index contributed by atoms with van der Waals surface area (Å²) in [6, 6.07) is 7.18. The van der Waals surface area contributed by atoms with Crippen LogP contribution < -0.4 is 11.1 Å². The van der Waals surface area contributed by atoms with Gasteiger partial charge in [0.25, 0.3) is 5.91 Å². The van der Waals surface area contributed by atoms with E-state index in [0.29, 0.717) is 16.5 Å². The number of carbonyl (C=O) groups excluding carboxylic acids is 1. The van der Waals surface area contributed by atoms with Gasteiger partial charge in [-0.15, -0.1) is 0 Å². The van der Waals surface area contributed by atoms with Gasteiger partial charge in [-0.25, -0.2) is 9.37 Å². The largest absolute Gasteiger partial charge is 0.398 e. The smallest absolute Gasteiger partial charge is 0.258 e. The molecule has 2 aliphatic rings. The molecule has 1 spiro atoms. The molecule has 1 aliphatic carbocycles. The average Bonchev–Trinajstić information content (AvgIpc) is 3.40. The summed E-state index contributed by atoms with van der Waals surface area (Å²) in [6.45, 7) is 0.740. The van der Waals surface area contributed by atoms with Crippen LogP contribution in [-0.4, -0.2) is 41.4 Å². The molecule has 2 atom stereocenters. The van der Waals surface area contributed by atoms with Crippen molar-refractivity contribution >= 4 is 29.0 Å². The molecule has 0 bridgehead atoms. The van der Waals surface area contributed by atoms with Crippen molar-refractivity contribution in [3.8, 4) is 11.1 Å². The molecule has 0 saturated heterocycles. The van der Waals surface area contributed by atoms with Gasteiger partial charge in [0, 0.05) is 67.0 Å². The molecule has 1 aliphatic heterocycles. The predicted octanol–water partition coefficient (Wildman–Crippen LogP) is 4.85. The van der Waals surface area contributed by atoms with Gasteiger partial charge in [-0.1, -0.05) is 17.7 Å². The number of carbonyl (C=O) groups is 1. The fourth-order valence-electron chi connectivity index (χ4n) is 5.29. The van der Waals surface area contributed by atoms with E-state index in [1.54, 1.807) is 38.6 Å². The number of nitrogens with two attached hydrogens (primary N) is 1. The molecule has 1 aromatic carbocycles. The zero-order chi connectivity index (χ0) is 23.3. The van der Waals surface area contributed by atoms with Crippen molar-refractivity contribution in [3.05, 3.63) is 70.4 Å². The van der Waals surface area contributed by atoms with Gasteiger partial charge in [0.1, 0.15) is 11.6 Å². The van der Waals surface area contributed by atoms with Crippen LogP contribution in [0.2, 0.25) is 5.02 Å². The van der Waals surface area contributed by atoms with E-state index < -0.39 is 11.7 Å². The zero-order valence-electron chi connectivity index (χ0n) is 18.5. The Hall–Kier alpha value is -3.19. The summed E-state index contributed by atoms with van der Waals surface area (Å²) in [5.41, 5.74) is 8.55. The summed E-state index contributed by atoms with van der Waals surface area (Å²) in [5.74, 6) is -0.0536. The predicted molar refractivity (Wildman–Crippen MR) is 128 cm³/mol. The minimum absolute atomic E-state index is 0.0911. The lowest BCUT2D eigenvalue weighted by atomic mass is 9.79. The van der Waals surface area contributed by atoms with E-state index in [-0.39, 0.29) is 22.2 Å². The molecule has 2 aromatic heterocycles. The monoisotopic (exact) mass is 465 g/mol. The molecule has 0 radical (unpaired) electrons. The third-order valence-electron chi connectivity index (χ3n) is 6.99. The molecule has 1 amide bonds. The lowest BCUT2D eigenvalue weighted by Gasteiger charge is -2.25. The highest BCUT2D eigenvalue weighted by atomic mass is 35.5. The number of pyridine rings is 2. The van der Waals surface area contributed by atoms with Gasteiger partial charge in [-0.3, -0.25) is 9.78 Å². The van der Waals surface area contributed by atoms with Crippen LogP contribution in [0.15, 0.2) is 42.9 Å². The lowest BCUT2D eigenvalue weighted by Crippen LogP contribution is -2.25. The fourth-order valence-corrected chi connectivity index (χ4v) is 5.73. The number of anilines is 2. The Morgan fingerprint density at radius 1 is 1.27 bits per heavy atom. The second kappa shape index (κ2) is 7.99. The second-order valence-corrected chi connectivity index (χ2v) is 9.54. The van der Waals surface area contributed by atoms with E-state index in [4.69, 9.17) is 17.3 Å². The molecule has 6 nitrogen and oxygen atoms in total. The summed E-state index contributed by atoms with van der Waals surface area (Å²) in [7, 11) is 3.12. The number of nitrogens with one attached hydrogen (secondary N) is 1. The van der Waals surface area contributed by atoms with Crippen LogP contribution in [0.25, 0.3) is 11.1 Å². The molecule has 1 saturated carbocycles. The summed E-state index contributed by atoms with van der Waals surface area (Å²) in [4.78, 5) is 22.7. The first kappa shape index (κ1) is 21.6. The Bertz CT molecular complexity index is 1250. The number of fused-ring (bicyclic) bond motifs is 2. The van der Waals surface area contributed by atoms with Crippen molar-refractivity contribution in [2.24, 2.45) is 0 Å². The van der Waals surface area contributed by atoms with Crippen LogP contribution in [-0.2, 0) is 5.41 Å². The van der Waals surface area contributed by atoms with Crippen LogP contribution in [0.4, 0.5) is 15.9 Å². The zero-order valence-corrected chi connectivity index (χ0v) is 19.3. The molecule has 3 aromatic rings. The number of amides is 1. The van der Waals surface area contributed by atoms with Crippen LogP contribution >= 0.6 is 11.6 Å². The lowest BCUT2D eigenvalue weighted by molar-refractivity contribution is 0.0824. The Labute approximate surface area is 197 Å². The molecule has 5 rings (SSSR count). The molecular weight excluding hydrogens is 441 g/mol. The van der Waals surface area contributed by atoms with Crippen molar-refractivity contribution in [1.29, 1.82) is 0 Å². The van der Waals surface area contributed by atoms with Gasteiger partial charge in [-0.2, -0.15) is 0 Å². The molecular formula is C25H25ClFN5O. The maximum atomic E-state index is 15.6. The van der Waals surface area contributed by atoms with Gasteiger partial charge in [0.2, 0.25) is 0 Å². The maximum Gasteiger partial charge on any atom is 0.258 e. The van der Waals surface area contributed by atoms with Crippen molar-refractivity contribution in [3.63, 3.8) is 0 Å². The molecule has 0 unspecified atom stereocenters. The summed E-state index contributed by atoms with van der Waals surface area (Å²) < 4.78 is 15.6. The molecule has 8 heteroatoms. The van der Waals surface area contributed by atoms with Crippen LogP contribution in [0.1, 0.15) is 46.7 Å². The van der Waals surface area contributed by atoms with Gasteiger partial charge < -0.3 is 16.0 Å². The molecule has 1 fully saturated rings. The number of hydrogen-bond acceptors (Lipinski definition) is 5. The normalized spacial score (nSPS) is 21.2. The summed E-state index contributed by atoms with van der Waals surface area (Å²) in [5, 5.41) is 3.88. The number of nitrogens with zero attached hydrogens (tertiary/aromatic N) is 3. The highest BCUT2D eigenvalue weighted by Crippen LogP contribution is 2.55. The van der Waals surface area contributed by atoms with Crippen molar-refractivity contribution in [2.45, 2.75) is 30.6 Å². The van der Waals surface area contributed by atoms with Gasteiger partial charge in [0.15, 0.2) is 0 Å². The number of rotatable bonds is 3. The first-order valence-electron chi connectivity index (χ1n) is 10.9. The van der Waals surface area contributed by atoms with Gasteiger partial charge in [-0.05, 0) is 48.9 Å². The van der Waals surface area contributed by atoms with E-state index in [9.17, 15) is 4.79 Å². The standard InChI is InChI=1S/C25H25ClFN5O/c1-32(2)24(33)19-18(28)6-5-16(22(19)27)17-12-30-23-20(21(17)26)25(13-31-23)8-7-14(10-25)15-4-3-9-29-11-15/h3-6,9,11-12,14H,7-8,10,13,28H2,1-2H3,(H,30,31)/t14-,25+/m1/s1. The van der Waals surface area contributed by atoms with Gasteiger partial charge >= 0.3 is 0 Å². The number of benzene rings is 1. The first-order valence-corrected chi connectivity index (χ1v) is 11.3. The number of nitrogen functional groups attached to an aromatic ring is 1. The number of aromatic nitrogens is 2. The Balaban J connectivity index is 1.58. The van der Waals surface area contributed by atoms with Crippen molar-refractivity contribution in [1.82, 2.24) is 14.9 Å². The Kier molecular flexibility index (Phi) is 5.24. The average molecular weight is 466 g/mol. The molecule has 33 heavy (non-hydrogen) atoms. The maximum absolute atomic E-state index is 15.6. The van der Waals surface area contributed by atoms with Crippen LogP contribution in [0.5, 0.6) is 0 Å². The molecule has 170 valence electrons. The third kappa shape index (κ3) is 3.42. The van der Waals surface area contributed by atoms with E-state index in [2.05, 4.69) is 21.4 Å². The van der Waals surface area contributed by atoms with Crippen molar-refractivity contribution in [2.75, 3.05) is 31.7 Å². The minimum Gasteiger partial charge on any atom is -0.398 e. The number of halogens is 2. The van der Waals surface area contributed by atoms with Gasteiger partial charge in [0.05, 0.1) is 10.6 Å². The summed E-state index contributed by atoms with van der Waals surface area (Å²) >= 11 is 6.97. The van der Waals surface area contributed by atoms with E-state index >= 15 is 4.39 Å². The highest BCUT2D eigenvalue weighted by molar-refractivity contribution is 6.34. The quantitative estimate of drug-likeness (QED) is 0.540. The first-order chi connectivity index (χ1) is 15.8. The molecule has 3 heterocycles. The minimum atomic E-state index is -0.683. The van der Waals surface area contributed by atoms with Crippen molar-refractivity contribution < 1.29 is 9.18 Å². The third-order valence-corrected chi connectivity index (χ3v) is 7.38. The summed E-state index contributed by atoms with van der Waals surface area (Å²) in [6.07, 6.45) is 8.16. The molecule has 3 N–H and O–H groups in total. The van der Waals surface area contributed by atoms with Crippen LogP contribution in [0.3, 0.4) is 0 Å². The Morgan fingerprint density at radius 3 is 2.82 bits per heavy atom. The van der Waals surface area contributed by atoms with E-state index in [1.807, 2.05) is 12.3 Å². The SMILES string of the molecule is CN(C)C(=O)c1c(N)ccc(-c2cnc3c(c2Cl)[C@]2(CC[C@@H](c4cccnc4)C2)CN3)c1F. The number of hydrogen-bond donors (Lipinski definition) is 2. The Morgan fingerprint density at radius 2 is 2.09 bits per heavy atom. The van der Waals surface area contributed by atoms with E-state index in [0.717, 1.165) is 37.2 Å². The topological polar surface area (TPSA) is 84.1 Å².